The molecular formula is C18H20ClN3O3S. The Kier molecular flexibility index (Phi) is 6.34. The molecular weight excluding hydrogens is 374 g/mol. The van der Waals surface area contributed by atoms with Gasteiger partial charge in [0.2, 0.25) is 5.91 Å². The van der Waals surface area contributed by atoms with Crippen molar-refractivity contribution in [3.05, 3.63) is 51.0 Å². The van der Waals surface area contributed by atoms with Gasteiger partial charge in [-0.2, -0.15) is 4.98 Å². The lowest BCUT2D eigenvalue weighted by Gasteiger charge is -2.22. The van der Waals surface area contributed by atoms with Gasteiger partial charge in [0, 0.05) is 22.0 Å². The van der Waals surface area contributed by atoms with E-state index in [-0.39, 0.29) is 30.5 Å². The molecule has 1 aromatic carbocycles. The second kappa shape index (κ2) is 8.70. The van der Waals surface area contributed by atoms with Crippen LogP contribution >= 0.6 is 23.4 Å². The van der Waals surface area contributed by atoms with Crippen molar-refractivity contribution in [3.8, 4) is 0 Å². The number of carbonyl (C=O) groups excluding carboxylic acids is 1. The number of aromatic nitrogens is 2. The first-order valence-corrected chi connectivity index (χ1v) is 9.86. The number of thioether (sulfide) groups is 1. The number of aliphatic hydroxyl groups excluding tert-OH is 1. The highest BCUT2D eigenvalue weighted by Crippen LogP contribution is 2.28. The molecule has 1 amide bonds. The van der Waals surface area contributed by atoms with Crippen LogP contribution in [0.4, 0.5) is 5.69 Å². The maximum atomic E-state index is 12.3. The minimum atomic E-state index is -0.361. The van der Waals surface area contributed by atoms with Crippen LogP contribution in [0.2, 0.25) is 5.02 Å². The number of nitrogens with zero attached hydrogens (tertiary/aromatic N) is 2. The van der Waals surface area contributed by atoms with Crippen LogP contribution in [0.25, 0.3) is 0 Å². The molecule has 2 aromatic rings. The Morgan fingerprint density at radius 1 is 1.27 bits per heavy atom. The number of rotatable bonds is 6. The van der Waals surface area contributed by atoms with Gasteiger partial charge in [0.15, 0.2) is 0 Å². The van der Waals surface area contributed by atoms with Crippen LogP contribution in [-0.4, -0.2) is 32.9 Å². The molecule has 3 rings (SSSR count). The van der Waals surface area contributed by atoms with Gasteiger partial charge in [-0.15, -0.1) is 0 Å². The minimum Gasteiger partial charge on any atom is -0.395 e. The summed E-state index contributed by atoms with van der Waals surface area (Å²) in [4.78, 5) is 28.6. The normalized spacial score (nSPS) is 13.3. The zero-order chi connectivity index (χ0) is 18.5. The summed E-state index contributed by atoms with van der Waals surface area (Å²) in [7, 11) is 0. The third kappa shape index (κ3) is 4.47. The molecule has 1 heterocycles. The number of aliphatic hydroxyl groups is 1. The van der Waals surface area contributed by atoms with Gasteiger partial charge in [0.25, 0.3) is 0 Å². The van der Waals surface area contributed by atoms with E-state index in [9.17, 15) is 14.7 Å². The Hall–Kier alpha value is -1.83. The molecule has 0 spiro atoms. The number of hydrogen-bond acceptors (Lipinski definition) is 5. The molecule has 1 aromatic heterocycles. The summed E-state index contributed by atoms with van der Waals surface area (Å²) in [6.45, 7) is 0.167. The number of anilines is 1. The van der Waals surface area contributed by atoms with Gasteiger partial charge in [-0.1, -0.05) is 23.4 Å². The van der Waals surface area contributed by atoms with E-state index in [2.05, 4.69) is 10.3 Å². The number of fused-ring (bicyclic) bond motifs is 1. The molecule has 8 heteroatoms. The summed E-state index contributed by atoms with van der Waals surface area (Å²) < 4.78 is 1.56. The third-order valence-electron chi connectivity index (χ3n) is 4.24. The average Bonchev–Trinajstić information content (AvgIpc) is 2.64. The standard InChI is InChI=1S/C18H20ClN3O3S/c19-12-5-7-13(8-6-12)20-16(24)11-26-17-14-3-1-2-4-15(14)22(9-10-23)18(25)21-17/h5-8,23H,1-4,9-11H2,(H,20,24). The lowest BCUT2D eigenvalue weighted by Crippen LogP contribution is -2.31. The highest BCUT2D eigenvalue weighted by Gasteiger charge is 2.20. The van der Waals surface area contributed by atoms with Crippen LogP contribution in [0.3, 0.4) is 0 Å². The first-order chi connectivity index (χ1) is 12.6. The quantitative estimate of drug-likeness (QED) is 0.582. The first kappa shape index (κ1) is 18.9. The topological polar surface area (TPSA) is 84.2 Å². The molecule has 1 aliphatic rings. The number of carbonyl (C=O) groups is 1. The zero-order valence-corrected chi connectivity index (χ0v) is 15.8. The molecule has 2 N–H and O–H groups in total. The van der Waals surface area contributed by atoms with E-state index in [0.29, 0.717) is 15.7 Å². The van der Waals surface area contributed by atoms with Gasteiger partial charge in [0.1, 0.15) is 5.03 Å². The van der Waals surface area contributed by atoms with Crippen molar-refractivity contribution in [2.75, 3.05) is 17.7 Å². The molecule has 0 radical (unpaired) electrons. The number of benzene rings is 1. The second-order valence-corrected chi connectivity index (χ2v) is 7.45. The van der Waals surface area contributed by atoms with Crippen molar-refractivity contribution in [3.63, 3.8) is 0 Å². The van der Waals surface area contributed by atoms with E-state index in [4.69, 9.17) is 11.6 Å². The van der Waals surface area contributed by atoms with E-state index in [1.165, 1.54) is 11.8 Å². The molecule has 26 heavy (non-hydrogen) atoms. The van der Waals surface area contributed by atoms with Crippen LogP contribution in [0.15, 0.2) is 34.1 Å². The van der Waals surface area contributed by atoms with E-state index < -0.39 is 0 Å². The molecule has 1 aliphatic carbocycles. The molecule has 0 aliphatic heterocycles. The summed E-state index contributed by atoms with van der Waals surface area (Å²) in [5, 5.41) is 13.2. The zero-order valence-electron chi connectivity index (χ0n) is 14.2. The van der Waals surface area contributed by atoms with E-state index in [1.807, 2.05) is 0 Å². The summed E-state index contributed by atoms with van der Waals surface area (Å²) in [6.07, 6.45) is 3.70. The fourth-order valence-corrected chi connectivity index (χ4v) is 4.06. The van der Waals surface area contributed by atoms with Gasteiger partial charge in [-0.3, -0.25) is 9.36 Å². The predicted molar refractivity (Wildman–Crippen MR) is 103 cm³/mol. The van der Waals surface area contributed by atoms with E-state index >= 15 is 0 Å². The fourth-order valence-electron chi connectivity index (χ4n) is 3.06. The largest absolute Gasteiger partial charge is 0.395 e. The fraction of sp³-hybridized carbons (Fsp3) is 0.389. The number of nitrogens with one attached hydrogen (secondary N) is 1. The SMILES string of the molecule is O=C(CSc1nc(=O)n(CCO)c2c1CCCC2)Nc1ccc(Cl)cc1. The number of amides is 1. The number of halogens is 1. The van der Waals surface area contributed by atoms with E-state index in [0.717, 1.165) is 36.9 Å². The Balaban J connectivity index is 1.73. The molecule has 0 atom stereocenters. The molecule has 138 valence electrons. The van der Waals surface area contributed by atoms with Crippen molar-refractivity contribution in [1.82, 2.24) is 9.55 Å². The summed E-state index contributed by atoms with van der Waals surface area (Å²) in [6, 6.07) is 6.90. The Bertz CT molecular complexity index is 852. The van der Waals surface area contributed by atoms with Gasteiger partial charge >= 0.3 is 5.69 Å². The van der Waals surface area contributed by atoms with Gasteiger partial charge < -0.3 is 10.4 Å². The van der Waals surface area contributed by atoms with Crippen LogP contribution < -0.4 is 11.0 Å². The highest BCUT2D eigenvalue weighted by molar-refractivity contribution is 8.00. The van der Waals surface area contributed by atoms with Crippen LogP contribution in [-0.2, 0) is 24.2 Å². The second-order valence-electron chi connectivity index (χ2n) is 6.05. The average molecular weight is 394 g/mol. The molecule has 0 saturated heterocycles. The van der Waals surface area contributed by atoms with Crippen molar-refractivity contribution < 1.29 is 9.90 Å². The smallest absolute Gasteiger partial charge is 0.348 e. The predicted octanol–water partition coefficient (Wildman–Crippen LogP) is 2.50. The van der Waals surface area contributed by atoms with Gasteiger partial charge in [-0.25, -0.2) is 4.79 Å². The van der Waals surface area contributed by atoms with Crippen molar-refractivity contribution in [2.45, 2.75) is 37.3 Å². The van der Waals surface area contributed by atoms with Crippen LogP contribution in [0.5, 0.6) is 0 Å². The lowest BCUT2D eigenvalue weighted by atomic mass is 9.97. The lowest BCUT2D eigenvalue weighted by molar-refractivity contribution is -0.113. The summed E-state index contributed by atoms with van der Waals surface area (Å²) >= 11 is 7.12. The van der Waals surface area contributed by atoms with Crippen molar-refractivity contribution in [2.24, 2.45) is 0 Å². The molecule has 0 fully saturated rings. The molecule has 6 nitrogen and oxygen atoms in total. The van der Waals surface area contributed by atoms with Crippen molar-refractivity contribution >= 4 is 35.0 Å². The van der Waals surface area contributed by atoms with Gasteiger partial charge in [-0.05, 0) is 49.9 Å². The van der Waals surface area contributed by atoms with Crippen molar-refractivity contribution in [1.29, 1.82) is 0 Å². The van der Waals surface area contributed by atoms with Crippen LogP contribution in [0, 0.1) is 0 Å². The Morgan fingerprint density at radius 3 is 2.73 bits per heavy atom. The highest BCUT2D eigenvalue weighted by atomic mass is 35.5. The maximum Gasteiger partial charge on any atom is 0.348 e. The summed E-state index contributed by atoms with van der Waals surface area (Å²) in [5.74, 6) is 0.00846. The monoisotopic (exact) mass is 393 g/mol. The Morgan fingerprint density at radius 2 is 2.00 bits per heavy atom. The van der Waals surface area contributed by atoms with Crippen LogP contribution in [0.1, 0.15) is 24.1 Å². The first-order valence-electron chi connectivity index (χ1n) is 8.50. The summed E-state index contributed by atoms with van der Waals surface area (Å²) in [5.41, 5.74) is 2.30. The molecule has 0 saturated carbocycles. The minimum absolute atomic E-state index is 0.0932. The van der Waals surface area contributed by atoms with Gasteiger partial charge in [0.05, 0.1) is 18.9 Å². The number of hydrogen-bond donors (Lipinski definition) is 2. The molecule has 0 unspecified atom stereocenters. The maximum absolute atomic E-state index is 12.3. The van der Waals surface area contributed by atoms with E-state index in [1.54, 1.807) is 28.8 Å². The Labute approximate surface area is 160 Å². The molecule has 0 bridgehead atoms. The third-order valence-corrected chi connectivity index (χ3v) is 5.51.